The van der Waals surface area contributed by atoms with Crippen LogP contribution in [0, 0.1) is 0 Å². The molecule has 0 aromatic rings. The van der Waals surface area contributed by atoms with Crippen LogP contribution in [-0.2, 0) is 0 Å². The van der Waals surface area contributed by atoms with Gasteiger partial charge in [-0.3, -0.25) is 0 Å². The smallest absolute Gasteiger partial charge is 0.182 e. The molecular weight excluding hydrogens is 95.9 g/mol. The molecule has 7 heavy (non-hydrogen) atoms. The quantitative estimate of drug-likeness (QED) is 0.449. The molecule has 0 saturated carbocycles. The summed E-state index contributed by atoms with van der Waals surface area (Å²) in [4.78, 5) is 1.75. The van der Waals surface area contributed by atoms with E-state index < -0.39 is 0 Å². The van der Waals surface area contributed by atoms with Crippen LogP contribution in [0.2, 0.25) is 0 Å². The normalized spacial score (nSPS) is 8.43. The van der Waals surface area contributed by atoms with Gasteiger partial charge in [-0.1, -0.05) is 13.8 Å². The van der Waals surface area contributed by atoms with Gasteiger partial charge in [-0.2, -0.15) is 0 Å². The first-order valence-corrected chi connectivity index (χ1v) is 2.30. The van der Waals surface area contributed by atoms with Gasteiger partial charge in [-0.15, -0.1) is 0 Å². The van der Waals surface area contributed by atoms with Gasteiger partial charge >= 0.3 is 0 Å². The van der Waals surface area contributed by atoms with E-state index >= 15 is 0 Å². The largest absolute Gasteiger partial charge is 0.354 e. The zero-order valence-electron chi connectivity index (χ0n) is 5.44. The summed E-state index contributed by atoms with van der Waals surface area (Å²) < 4.78 is 0. The van der Waals surface area contributed by atoms with Crippen LogP contribution in [0.4, 0.5) is 0 Å². The third-order valence-electron chi connectivity index (χ3n) is 0.812. The maximum absolute atomic E-state index is 5.31. The molecule has 0 aliphatic rings. The van der Waals surface area contributed by atoms with E-state index in [-0.39, 0.29) is 29.6 Å². The Kier molecular flexibility index (Phi) is 10.9. The van der Waals surface area contributed by atoms with E-state index in [1.165, 1.54) is 0 Å². The van der Waals surface area contributed by atoms with Crippen molar-refractivity contribution in [1.29, 1.82) is 0 Å². The predicted molar refractivity (Wildman–Crippen MR) is 34.4 cm³/mol. The molecule has 0 N–H and O–H groups in total. The minimum Gasteiger partial charge on any atom is -0.354 e. The van der Waals surface area contributed by atoms with Crippen LogP contribution >= 0.6 is 0 Å². The van der Waals surface area contributed by atoms with Crippen LogP contribution < -0.4 is 0 Å². The molecule has 0 saturated heterocycles. The van der Waals surface area contributed by atoms with Crippen LogP contribution in [0.15, 0.2) is 0 Å². The molecule has 0 unspecified atom stereocenters. The Morgan fingerprint density at radius 2 is 1.57 bits per heavy atom. The standard InChI is InChI=1S/C4H10BN.Na/c1-3-6(5)4-2;/h3-4H2,1-2H3;. The van der Waals surface area contributed by atoms with E-state index in [1.54, 1.807) is 4.81 Å². The van der Waals surface area contributed by atoms with Crippen molar-refractivity contribution in [2.24, 2.45) is 0 Å². The number of nitrogens with zero attached hydrogens (tertiary/aromatic N) is 1. The van der Waals surface area contributed by atoms with Crippen molar-refractivity contribution in [3.8, 4) is 0 Å². The summed E-state index contributed by atoms with van der Waals surface area (Å²) in [5.41, 5.74) is 0. The van der Waals surface area contributed by atoms with Gasteiger partial charge in [0.2, 0.25) is 0 Å². The Bertz CT molecular complexity index is 30.9. The molecule has 0 heterocycles. The third-order valence-corrected chi connectivity index (χ3v) is 0.812. The van der Waals surface area contributed by atoms with Gasteiger partial charge in [-0.25, -0.2) is 0 Å². The predicted octanol–water partition coefficient (Wildman–Crippen LogP) is 0.0309. The zero-order chi connectivity index (χ0) is 4.99. The Balaban J connectivity index is 0. The van der Waals surface area contributed by atoms with Gasteiger partial charge in [0.15, 0.2) is 7.98 Å². The van der Waals surface area contributed by atoms with Crippen molar-refractivity contribution in [3.63, 3.8) is 0 Å². The van der Waals surface area contributed by atoms with E-state index in [0.717, 1.165) is 13.1 Å². The van der Waals surface area contributed by atoms with Crippen molar-refractivity contribution in [2.75, 3.05) is 13.1 Å². The van der Waals surface area contributed by atoms with Crippen molar-refractivity contribution in [2.45, 2.75) is 13.8 Å². The molecule has 0 bridgehead atoms. The van der Waals surface area contributed by atoms with Crippen molar-refractivity contribution >= 4 is 37.5 Å². The molecule has 3 heteroatoms. The second kappa shape index (κ2) is 7.02. The fraction of sp³-hybridized carbons (Fsp3) is 1.00. The van der Waals surface area contributed by atoms with E-state index in [0.29, 0.717) is 0 Å². The van der Waals surface area contributed by atoms with Crippen molar-refractivity contribution in [1.82, 2.24) is 4.81 Å². The second-order valence-corrected chi connectivity index (χ2v) is 1.22. The molecule has 0 aliphatic carbocycles. The van der Waals surface area contributed by atoms with Gasteiger partial charge in [0.25, 0.3) is 0 Å². The van der Waals surface area contributed by atoms with Gasteiger partial charge in [-0.05, 0) is 13.1 Å². The minimum atomic E-state index is 0. The summed E-state index contributed by atoms with van der Waals surface area (Å²) in [5, 5.41) is 0. The fourth-order valence-corrected chi connectivity index (χ4v) is 0.224. The van der Waals surface area contributed by atoms with Crippen LogP contribution in [0.5, 0.6) is 0 Å². The first kappa shape index (κ1) is 10.9. The Morgan fingerprint density at radius 3 is 1.57 bits per heavy atom. The molecule has 0 aromatic carbocycles. The molecule has 35 valence electrons. The molecule has 0 aromatic heterocycles. The molecule has 0 amide bonds. The van der Waals surface area contributed by atoms with Crippen LogP contribution in [0.3, 0.4) is 0 Å². The van der Waals surface area contributed by atoms with Crippen molar-refractivity contribution < 1.29 is 0 Å². The molecule has 1 nitrogen and oxygen atoms in total. The average Bonchev–Trinajstić information content (AvgIpc) is 1.65. The van der Waals surface area contributed by atoms with E-state index in [4.69, 9.17) is 7.98 Å². The fourth-order valence-electron chi connectivity index (χ4n) is 0.224. The van der Waals surface area contributed by atoms with E-state index in [2.05, 4.69) is 0 Å². The molecule has 0 aliphatic heterocycles. The average molecular weight is 106 g/mol. The molecular formula is C4H10BNNa. The first-order chi connectivity index (χ1) is 2.81. The number of rotatable bonds is 2. The van der Waals surface area contributed by atoms with Gasteiger partial charge in [0, 0.05) is 29.6 Å². The number of hydrogen-bond donors (Lipinski definition) is 0. The Morgan fingerprint density at radius 1 is 1.29 bits per heavy atom. The molecule has 3 radical (unpaired) electrons. The Labute approximate surface area is 69.2 Å². The maximum Gasteiger partial charge on any atom is 0.182 e. The first-order valence-electron chi connectivity index (χ1n) is 2.30. The second-order valence-electron chi connectivity index (χ2n) is 1.22. The molecule has 0 rings (SSSR count). The summed E-state index contributed by atoms with van der Waals surface area (Å²) in [6.45, 7) is 5.94. The Hall–Kier alpha value is 1.02. The monoisotopic (exact) mass is 106 g/mol. The summed E-state index contributed by atoms with van der Waals surface area (Å²) in [6, 6.07) is 0. The van der Waals surface area contributed by atoms with Gasteiger partial charge in [0.05, 0.1) is 0 Å². The molecule has 0 fully saturated rings. The number of hydrogen-bond acceptors (Lipinski definition) is 1. The zero-order valence-corrected chi connectivity index (χ0v) is 7.44. The van der Waals surface area contributed by atoms with Gasteiger partial charge < -0.3 is 4.81 Å². The van der Waals surface area contributed by atoms with Crippen molar-refractivity contribution in [3.05, 3.63) is 0 Å². The molecule has 0 atom stereocenters. The van der Waals surface area contributed by atoms with Crippen LogP contribution in [-0.4, -0.2) is 55.4 Å². The van der Waals surface area contributed by atoms with Crippen LogP contribution in [0.1, 0.15) is 13.8 Å². The summed E-state index contributed by atoms with van der Waals surface area (Å²) in [7, 11) is 5.31. The topological polar surface area (TPSA) is 3.24 Å². The SMILES string of the molecule is [B]N(CC)CC.[Na]. The van der Waals surface area contributed by atoms with Crippen LogP contribution in [0.25, 0.3) is 0 Å². The minimum absolute atomic E-state index is 0. The maximum atomic E-state index is 5.31. The van der Waals surface area contributed by atoms with Gasteiger partial charge in [0.1, 0.15) is 0 Å². The molecule has 0 spiro atoms. The summed E-state index contributed by atoms with van der Waals surface area (Å²) in [5.74, 6) is 0. The van der Waals surface area contributed by atoms with E-state index in [1.807, 2.05) is 13.8 Å². The van der Waals surface area contributed by atoms with E-state index in [9.17, 15) is 0 Å². The third kappa shape index (κ3) is 7.02. The summed E-state index contributed by atoms with van der Waals surface area (Å²) in [6.07, 6.45) is 0. The summed E-state index contributed by atoms with van der Waals surface area (Å²) >= 11 is 0.